The van der Waals surface area contributed by atoms with Gasteiger partial charge in [0.2, 0.25) is 0 Å². The van der Waals surface area contributed by atoms with Crippen molar-refractivity contribution in [2.45, 2.75) is 6.54 Å². The number of aryl methyl sites for hydroxylation is 2. The van der Waals surface area contributed by atoms with Crippen molar-refractivity contribution in [3.8, 4) is 0 Å². The second-order valence-electron chi connectivity index (χ2n) is 5.50. The van der Waals surface area contributed by atoms with Gasteiger partial charge >= 0.3 is 5.69 Å². The first-order valence-corrected chi connectivity index (χ1v) is 7.09. The van der Waals surface area contributed by atoms with E-state index in [-0.39, 0.29) is 12.1 Å². The van der Waals surface area contributed by atoms with Gasteiger partial charge in [-0.3, -0.25) is 13.9 Å². The standard InChI is InChI=1S/C15H14N6O2/c1-19-8-17-13-11(19)14(22)21(15(23)20(13)2)7-10-6-9-4-3-5-16-12(9)18-10/h3-6,8H,7H2,1-2H3,(H,16,18). The molecule has 4 heterocycles. The molecule has 0 aliphatic heterocycles. The maximum atomic E-state index is 12.7. The Morgan fingerprint density at radius 1 is 1.22 bits per heavy atom. The molecule has 4 aromatic rings. The summed E-state index contributed by atoms with van der Waals surface area (Å²) in [5, 5.41) is 0.939. The molecule has 1 N–H and O–H groups in total. The third-order valence-electron chi connectivity index (χ3n) is 3.98. The number of imidazole rings is 1. The number of rotatable bonds is 2. The Morgan fingerprint density at radius 3 is 2.83 bits per heavy atom. The van der Waals surface area contributed by atoms with Crippen molar-refractivity contribution in [2.75, 3.05) is 0 Å². The normalized spacial score (nSPS) is 11.6. The number of nitrogens with one attached hydrogen (secondary N) is 1. The lowest BCUT2D eigenvalue weighted by Crippen LogP contribution is -2.39. The fourth-order valence-corrected chi connectivity index (χ4v) is 2.81. The van der Waals surface area contributed by atoms with Crippen molar-refractivity contribution in [1.29, 1.82) is 0 Å². The Hall–Kier alpha value is -3.16. The highest BCUT2D eigenvalue weighted by atomic mass is 16.2. The van der Waals surface area contributed by atoms with Gasteiger partial charge in [-0.05, 0) is 18.2 Å². The minimum absolute atomic E-state index is 0.156. The SMILES string of the molecule is Cn1cnc2c1c(=O)n(Cc1cc3cccnc3[nH]1)c(=O)n2C. The molecular formula is C15H14N6O2. The van der Waals surface area contributed by atoms with Gasteiger partial charge in [-0.15, -0.1) is 0 Å². The second-order valence-corrected chi connectivity index (χ2v) is 5.50. The lowest BCUT2D eigenvalue weighted by molar-refractivity contribution is 0.648. The van der Waals surface area contributed by atoms with E-state index in [2.05, 4.69) is 15.0 Å². The Kier molecular flexibility index (Phi) is 2.74. The molecule has 0 unspecified atom stereocenters. The van der Waals surface area contributed by atoms with Crippen LogP contribution in [0.1, 0.15) is 5.69 Å². The van der Waals surface area contributed by atoms with E-state index < -0.39 is 5.69 Å². The van der Waals surface area contributed by atoms with Gasteiger partial charge in [0.15, 0.2) is 11.2 Å². The zero-order valence-electron chi connectivity index (χ0n) is 12.6. The molecule has 0 bridgehead atoms. The number of H-pyrrole nitrogens is 1. The molecule has 0 saturated heterocycles. The smallest absolute Gasteiger partial charge is 0.332 e. The minimum atomic E-state index is -0.396. The molecule has 4 rings (SSSR count). The largest absolute Gasteiger partial charge is 0.342 e. The van der Waals surface area contributed by atoms with E-state index in [1.54, 1.807) is 24.9 Å². The monoisotopic (exact) mass is 310 g/mol. The summed E-state index contributed by atoms with van der Waals surface area (Å²) in [6.07, 6.45) is 3.22. The van der Waals surface area contributed by atoms with Crippen LogP contribution in [0.25, 0.3) is 22.2 Å². The average Bonchev–Trinajstić information content (AvgIpc) is 3.12. The molecular weight excluding hydrogens is 296 g/mol. The van der Waals surface area contributed by atoms with Crippen LogP contribution in [0, 0.1) is 0 Å². The third-order valence-corrected chi connectivity index (χ3v) is 3.98. The fourth-order valence-electron chi connectivity index (χ4n) is 2.81. The van der Waals surface area contributed by atoms with E-state index >= 15 is 0 Å². The summed E-state index contributed by atoms with van der Waals surface area (Å²) < 4.78 is 4.22. The molecule has 8 heteroatoms. The van der Waals surface area contributed by atoms with E-state index in [0.717, 1.165) is 16.7 Å². The Bertz CT molecular complexity index is 1130. The summed E-state index contributed by atoms with van der Waals surface area (Å²) in [5.74, 6) is 0. The van der Waals surface area contributed by atoms with Gasteiger partial charge in [0.1, 0.15) is 5.65 Å². The van der Waals surface area contributed by atoms with Crippen LogP contribution in [-0.2, 0) is 20.6 Å². The van der Waals surface area contributed by atoms with Crippen molar-refractivity contribution < 1.29 is 0 Å². The summed E-state index contributed by atoms with van der Waals surface area (Å²) in [4.78, 5) is 36.6. The van der Waals surface area contributed by atoms with Crippen molar-refractivity contribution in [3.05, 3.63) is 57.3 Å². The van der Waals surface area contributed by atoms with E-state index in [9.17, 15) is 9.59 Å². The zero-order chi connectivity index (χ0) is 16.1. The molecule has 8 nitrogen and oxygen atoms in total. The summed E-state index contributed by atoms with van der Waals surface area (Å²) in [5.41, 5.74) is 1.52. The molecule has 0 radical (unpaired) electrons. The van der Waals surface area contributed by atoms with E-state index in [0.29, 0.717) is 11.2 Å². The van der Waals surface area contributed by atoms with Crippen LogP contribution in [0.3, 0.4) is 0 Å². The molecule has 0 saturated carbocycles. The lowest BCUT2D eigenvalue weighted by Gasteiger charge is -2.07. The third kappa shape index (κ3) is 1.91. The molecule has 0 spiro atoms. The van der Waals surface area contributed by atoms with Crippen LogP contribution >= 0.6 is 0 Å². The maximum absolute atomic E-state index is 12.7. The summed E-state index contributed by atoms with van der Waals surface area (Å²) in [6, 6.07) is 5.65. The van der Waals surface area contributed by atoms with Crippen molar-refractivity contribution in [1.82, 2.24) is 28.7 Å². The molecule has 0 amide bonds. The van der Waals surface area contributed by atoms with Gasteiger partial charge in [0.05, 0.1) is 12.9 Å². The molecule has 4 aromatic heterocycles. The van der Waals surface area contributed by atoms with Crippen LogP contribution in [0.2, 0.25) is 0 Å². The van der Waals surface area contributed by atoms with Gasteiger partial charge in [0, 0.05) is 31.4 Å². The summed E-state index contributed by atoms with van der Waals surface area (Å²) in [7, 11) is 3.35. The zero-order valence-corrected chi connectivity index (χ0v) is 12.6. The Morgan fingerprint density at radius 2 is 2.04 bits per heavy atom. The quantitative estimate of drug-likeness (QED) is 0.579. The minimum Gasteiger partial charge on any atom is -0.342 e. The van der Waals surface area contributed by atoms with Crippen LogP contribution in [-0.4, -0.2) is 28.7 Å². The number of aromatic nitrogens is 6. The molecule has 0 fully saturated rings. The first-order chi connectivity index (χ1) is 11.1. The Labute approximate surface area is 129 Å². The van der Waals surface area contributed by atoms with Crippen molar-refractivity contribution >= 4 is 22.2 Å². The highest BCUT2D eigenvalue weighted by molar-refractivity contribution is 5.76. The summed E-state index contributed by atoms with van der Waals surface area (Å²) in [6.45, 7) is 0.156. The molecule has 0 atom stereocenters. The van der Waals surface area contributed by atoms with Crippen LogP contribution in [0.15, 0.2) is 40.3 Å². The predicted octanol–water partition coefficient (Wildman–Crippen LogP) is 0.358. The van der Waals surface area contributed by atoms with Crippen LogP contribution < -0.4 is 11.2 Å². The molecule has 0 aliphatic rings. The van der Waals surface area contributed by atoms with E-state index in [1.165, 1.54) is 15.5 Å². The second kappa shape index (κ2) is 4.67. The molecule has 0 aliphatic carbocycles. The number of nitrogens with zero attached hydrogens (tertiary/aromatic N) is 5. The number of aromatic amines is 1. The van der Waals surface area contributed by atoms with Crippen LogP contribution in [0.4, 0.5) is 0 Å². The van der Waals surface area contributed by atoms with Crippen molar-refractivity contribution in [3.63, 3.8) is 0 Å². The number of hydrogen-bond donors (Lipinski definition) is 1. The summed E-state index contributed by atoms with van der Waals surface area (Å²) >= 11 is 0. The fraction of sp³-hybridized carbons (Fsp3) is 0.200. The number of fused-ring (bicyclic) bond motifs is 2. The van der Waals surface area contributed by atoms with E-state index in [4.69, 9.17) is 0 Å². The molecule has 23 heavy (non-hydrogen) atoms. The van der Waals surface area contributed by atoms with Gasteiger partial charge in [0.25, 0.3) is 5.56 Å². The van der Waals surface area contributed by atoms with Crippen molar-refractivity contribution in [2.24, 2.45) is 14.1 Å². The Balaban J connectivity index is 1.93. The highest BCUT2D eigenvalue weighted by Crippen LogP contribution is 2.12. The van der Waals surface area contributed by atoms with Gasteiger partial charge in [-0.2, -0.15) is 0 Å². The topological polar surface area (TPSA) is 90.5 Å². The van der Waals surface area contributed by atoms with Crippen LogP contribution in [0.5, 0.6) is 0 Å². The number of pyridine rings is 1. The van der Waals surface area contributed by atoms with E-state index in [1.807, 2.05) is 18.2 Å². The van der Waals surface area contributed by atoms with Gasteiger partial charge < -0.3 is 9.55 Å². The lowest BCUT2D eigenvalue weighted by atomic mass is 10.3. The molecule has 116 valence electrons. The first kappa shape index (κ1) is 13.5. The highest BCUT2D eigenvalue weighted by Gasteiger charge is 2.15. The predicted molar refractivity (Wildman–Crippen MR) is 85.4 cm³/mol. The van der Waals surface area contributed by atoms with Gasteiger partial charge in [-0.1, -0.05) is 0 Å². The number of hydrogen-bond acceptors (Lipinski definition) is 4. The average molecular weight is 310 g/mol. The maximum Gasteiger partial charge on any atom is 0.332 e. The molecule has 0 aromatic carbocycles. The first-order valence-electron chi connectivity index (χ1n) is 7.09. The van der Waals surface area contributed by atoms with Gasteiger partial charge in [-0.25, -0.2) is 14.8 Å².